The first kappa shape index (κ1) is 15.0. The lowest BCUT2D eigenvalue weighted by Gasteiger charge is -2.35. The van der Waals surface area contributed by atoms with Crippen molar-refractivity contribution in [3.63, 3.8) is 0 Å². The molecule has 1 N–H and O–H groups in total. The first-order chi connectivity index (χ1) is 10.1. The third-order valence-corrected chi connectivity index (χ3v) is 5.46. The quantitative estimate of drug-likeness (QED) is 0.904. The van der Waals surface area contributed by atoms with E-state index in [9.17, 15) is 4.79 Å². The molecule has 2 bridgehead atoms. The van der Waals surface area contributed by atoms with Gasteiger partial charge in [-0.05, 0) is 49.8 Å². The normalized spacial score (nSPS) is 27.6. The van der Waals surface area contributed by atoms with E-state index < -0.39 is 0 Å². The molecule has 4 heteroatoms. The zero-order valence-corrected chi connectivity index (χ0v) is 14.1. The molecule has 2 unspecified atom stereocenters. The first-order valence-electron chi connectivity index (χ1n) is 7.88. The van der Waals surface area contributed by atoms with E-state index in [0.29, 0.717) is 24.5 Å². The molecule has 3 rings (SSSR count). The average Bonchev–Trinajstić information content (AvgIpc) is 2.84. The molecule has 0 radical (unpaired) electrons. The number of aryl methyl sites for hydroxylation is 1. The second kappa shape index (κ2) is 6.49. The molecule has 114 valence electrons. The first-order valence-corrected chi connectivity index (χ1v) is 8.67. The Morgan fingerprint density at radius 1 is 1.24 bits per heavy atom. The molecule has 3 nitrogen and oxygen atoms in total. The van der Waals surface area contributed by atoms with Gasteiger partial charge in [-0.3, -0.25) is 4.79 Å². The van der Waals surface area contributed by atoms with Crippen molar-refractivity contribution in [1.82, 2.24) is 10.2 Å². The van der Waals surface area contributed by atoms with Crippen molar-refractivity contribution in [2.45, 2.75) is 56.7 Å². The highest BCUT2D eigenvalue weighted by Gasteiger charge is 2.36. The van der Waals surface area contributed by atoms with Gasteiger partial charge in [0, 0.05) is 36.1 Å². The molecule has 2 saturated heterocycles. The second-order valence-electron chi connectivity index (χ2n) is 6.39. The van der Waals surface area contributed by atoms with Gasteiger partial charge >= 0.3 is 0 Å². The van der Waals surface area contributed by atoms with E-state index in [-0.39, 0.29) is 5.91 Å². The Morgan fingerprint density at radius 3 is 2.48 bits per heavy atom. The molecule has 2 heterocycles. The maximum atomic E-state index is 12.4. The van der Waals surface area contributed by atoms with Crippen LogP contribution in [0.3, 0.4) is 0 Å². The van der Waals surface area contributed by atoms with Crippen LogP contribution in [0.1, 0.15) is 37.7 Å². The van der Waals surface area contributed by atoms with E-state index in [4.69, 9.17) is 0 Å². The Morgan fingerprint density at radius 2 is 1.86 bits per heavy atom. The number of fused-ring (bicyclic) bond motifs is 2. The monoisotopic (exact) mass is 350 g/mol. The molecule has 21 heavy (non-hydrogen) atoms. The standard InChI is InChI=1S/C17H23BrN2O/c1-20(16-10-14-7-8-15(11-16)19-14)17(21)9-4-12-2-5-13(18)6-3-12/h2-3,5-6,14-16,19H,4,7-11H2,1H3. The van der Waals surface area contributed by atoms with Crippen LogP contribution in [-0.2, 0) is 11.2 Å². The van der Waals surface area contributed by atoms with Crippen molar-refractivity contribution in [2.24, 2.45) is 0 Å². The minimum atomic E-state index is 0.282. The van der Waals surface area contributed by atoms with Crippen LogP contribution in [-0.4, -0.2) is 36.0 Å². The van der Waals surface area contributed by atoms with E-state index in [1.807, 2.05) is 24.1 Å². The summed E-state index contributed by atoms with van der Waals surface area (Å²) in [6, 6.07) is 9.94. The molecule has 0 spiro atoms. The highest BCUT2D eigenvalue weighted by molar-refractivity contribution is 9.10. The number of nitrogens with one attached hydrogen (secondary N) is 1. The Kier molecular flexibility index (Phi) is 4.65. The predicted octanol–water partition coefficient (Wildman–Crippen LogP) is 3.12. The Hall–Kier alpha value is -0.870. The van der Waals surface area contributed by atoms with Crippen LogP contribution in [0, 0.1) is 0 Å². The fourth-order valence-corrected chi connectivity index (χ4v) is 3.89. The number of carbonyl (C=O) groups is 1. The van der Waals surface area contributed by atoms with Crippen LogP contribution in [0.25, 0.3) is 0 Å². The maximum Gasteiger partial charge on any atom is 0.222 e. The number of hydrogen-bond donors (Lipinski definition) is 1. The van der Waals surface area contributed by atoms with E-state index in [1.165, 1.54) is 18.4 Å². The largest absolute Gasteiger partial charge is 0.343 e. The highest BCUT2D eigenvalue weighted by atomic mass is 79.9. The number of rotatable bonds is 4. The number of carbonyl (C=O) groups excluding carboxylic acids is 1. The molecular formula is C17H23BrN2O. The maximum absolute atomic E-state index is 12.4. The molecule has 2 aliphatic heterocycles. The molecule has 2 aliphatic rings. The molecule has 2 atom stereocenters. The van der Waals surface area contributed by atoms with Crippen LogP contribution in [0.2, 0.25) is 0 Å². The summed E-state index contributed by atoms with van der Waals surface area (Å²) in [6.07, 6.45) is 6.24. The zero-order chi connectivity index (χ0) is 14.8. The molecule has 2 fully saturated rings. The van der Waals surface area contributed by atoms with E-state index in [1.54, 1.807) is 0 Å². The topological polar surface area (TPSA) is 32.3 Å². The molecular weight excluding hydrogens is 328 g/mol. The molecule has 1 amide bonds. The molecule has 1 aromatic rings. The minimum Gasteiger partial charge on any atom is -0.343 e. The van der Waals surface area contributed by atoms with E-state index in [0.717, 1.165) is 23.7 Å². The van der Waals surface area contributed by atoms with Crippen molar-refractivity contribution in [3.05, 3.63) is 34.3 Å². The lowest BCUT2D eigenvalue weighted by atomic mass is 9.98. The van der Waals surface area contributed by atoms with Crippen LogP contribution in [0.4, 0.5) is 0 Å². The summed E-state index contributed by atoms with van der Waals surface area (Å²) < 4.78 is 1.08. The third kappa shape index (κ3) is 3.67. The van der Waals surface area contributed by atoms with Gasteiger partial charge in [0.15, 0.2) is 0 Å². The van der Waals surface area contributed by atoms with Gasteiger partial charge in [-0.2, -0.15) is 0 Å². The highest BCUT2D eigenvalue weighted by Crippen LogP contribution is 2.29. The Labute approximate surface area is 135 Å². The van der Waals surface area contributed by atoms with Crippen molar-refractivity contribution in [2.75, 3.05) is 7.05 Å². The van der Waals surface area contributed by atoms with Gasteiger partial charge in [0.2, 0.25) is 5.91 Å². The summed E-state index contributed by atoms with van der Waals surface area (Å²) >= 11 is 3.44. The fourth-order valence-electron chi connectivity index (χ4n) is 3.63. The van der Waals surface area contributed by atoms with E-state index >= 15 is 0 Å². The fraction of sp³-hybridized carbons (Fsp3) is 0.588. The number of halogens is 1. The summed E-state index contributed by atoms with van der Waals surface area (Å²) in [5.41, 5.74) is 1.23. The van der Waals surface area contributed by atoms with Crippen molar-refractivity contribution in [1.29, 1.82) is 0 Å². The molecule has 0 aliphatic carbocycles. The Bertz CT molecular complexity index is 490. The smallest absolute Gasteiger partial charge is 0.222 e. The van der Waals surface area contributed by atoms with Crippen LogP contribution < -0.4 is 5.32 Å². The number of nitrogens with zero attached hydrogens (tertiary/aromatic N) is 1. The van der Waals surface area contributed by atoms with E-state index in [2.05, 4.69) is 33.4 Å². The van der Waals surface area contributed by atoms with Gasteiger partial charge in [-0.15, -0.1) is 0 Å². The third-order valence-electron chi connectivity index (χ3n) is 4.93. The summed E-state index contributed by atoms with van der Waals surface area (Å²) in [4.78, 5) is 14.4. The van der Waals surface area contributed by atoms with Gasteiger partial charge in [-0.25, -0.2) is 0 Å². The van der Waals surface area contributed by atoms with Crippen LogP contribution >= 0.6 is 15.9 Å². The number of benzene rings is 1. The number of piperidine rings is 1. The van der Waals surface area contributed by atoms with Crippen molar-refractivity contribution >= 4 is 21.8 Å². The second-order valence-corrected chi connectivity index (χ2v) is 7.31. The van der Waals surface area contributed by atoms with Gasteiger partial charge < -0.3 is 10.2 Å². The molecule has 0 saturated carbocycles. The van der Waals surface area contributed by atoms with Gasteiger partial charge in [-0.1, -0.05) is 28.1 Å². The Balaban J connectivity index is 1.51. The molecule has 1 aromatic carbocycles. The van der Waals surface area contributed by atoms with Gasteiger partial charge in [0.05, 0.1) is 0 Å². The summed E-state index contributed by atoms with van der Waals surface area (Å²) in [6.45, 7) is 0. The predicted molar refractivity (Wildman–Crippen MR) is 88.2 cm³/mol. The number of hydrogen-bond acceptors (Lipinski definition) is 2. The summed E-state index contributed by atoms with van der Waals surface area (Å²) in [5, 5.41) is 3.63. The molecule has 0 aromatic heterocycles. The lowest BCUT2D eigenvalue weighted by Crippen LogP contribution is -2.48. The minimum absolute atomic E-state index is 0.282. The van der Waals surface area contributed by atoms with Gasteiger partial charge in [0.1, 0.15) is 0 Å². The van der Waals surface area contributed by atoms with Gasteiger partial charge in [0.25, 0.3) is 0 Å². The van der Waals surface area contributed by atoms with Crippen molar-refractivity contribution in [3.8, 4) is 0 Å². The number of amides is 1. The zero-order valence-electron chi connectivity index (χ0n) is 12.5. The van der Waals surface area contributed by atoms with Crippen LogP contribution in [0.5, 0.6) is 0 Å². The summed E-state index contributed by atoms with van der Waals surface area (Å²) in [7, 11) is 1.99. The average molecular weight is 351 g/mol. The lowest BCUT2D eigenvalue weighted by molar-refractivity contribution is -0.132. The SMILES string of the molecule is CN(C(=O)CCc1ccc(Br)cc1)C1CC2CCC(C1)N2. The van der Waals surface area contributed by atoms with Crippen molar-refractivity contribution < 1.29 is 4.79 Å². The summed E-state index contributed by atoms with van der Waals surface area (Å²) in [5.74, 6) is 0.282. The van der Waals surface area contributed by atoms with Crippen LogP contribution in [0.15, 0.2) is 28.7 Å².